The third-order valence-corrected chi connectivity index (χ3v) is 5.54. The molecule has 2 aromatic rings. The number of piperidine rings is 1. The van der Waals surface area contributed by atoms with Gasteiger partial charge in [0.2, 0.25) is 0 Å². The average Bonchev–Trinajstić information content (AvgIpc) is 2.65. The second-order valence-electron chi connectivity index (χ2n) is 7.30. The van der Waals surface area contributed by atoms with E-state index in [1.165, 1.54) is 25.3 Å². The number of ether oxygens (including phenoxy) is 1. The Hall–Kier alpha value is -1.91. The topological polar surface area (TPSA) is 32.7 Å². The van der Waals surface area contributed by atoms with Crippen LogP contribution in [0.15, 0.2) is 36.4 Å². The summed E-state index contributed by atoms with van der Waals surface area (Å²) >= 11 is 0. The van der Waals surface area contributed by atoms with Gasteiger partial charge in [-0.3, -0.25) is 4.90 Å². The Balaban J connectivity index is 2.03. The van der Waals surface area contributed by atoms with Gasteiger partial charge in [-0.05, 0) is 61.6 Å². The number of likely N-dealkylation sites (tertiary alicyclic amines) is 1. The van der Waals surface area contributed by atoms with Crippen LogP contribution < -0.4 is 4.74 Å². The number of benzene rings is 2. The van der Waals surface area contributed by atoms with Crippen molar-refractivity contribution in [1.29, 1.82) is 0 Å². The predicted octanol–water partition coefficient (Wildman–Crippen LogP) is 4.76. The van der Waals surface area contributed by atoms with Gasteiger partial charge in [-0.2, -0.15) is 0 Å². The fourth-order valence-electron chi connectivity index (χ4n) is 3.96. The van der Waals surface area contributed by atoms with Crippen molar-refractivity contribution in [3.63, 3.8) is 0 Å². The molecule has 1 aliphatic rings. The van der Waals surface area contributed by atoms with Gasteiger partial charge in [0.15, 0.2) is 0 Å². The van der Waals surface area contributed by atoms with Crippen LogP contribution in [0.3, 0.4) is 0 Å². The van der Waals surface area contributed by atoms with Crippen LogP contribution in [0.2, 0.25) is 0 Å². The van der Waals surface area contributed by atoms with Crippen LogP contribution in [-0.4, -0.2) is 29.2 Å². The predicted molar refractivity (Wildman–Crippen MR) is 103 cm³/mol. The molecule has 1 saturated heterocycles. The normalized spacial score (nSPS) is 21.0. The van der Waals surface area contributed by atoms with Crippen LogP contribution in [0.1, 0.15) is 44.2 Å². The van der Waals surface area contributed by atoms with E-state index in [-0.39, 0.29) is 12.4 Å². The Morgan fingerprint density at radius 3 is 2.46 bits per heavy atom. The van der Waals surface area contributed by atoms with E-state index in [4.69, 9.17) is 4.74 Å². The van der Waals surface area contributed by atoms with E-state index >= 15 is 0 Å². The summed E-state index contributed by atoms with van der Waals surface area (Å²) in [5.41, 5.74) is 3.30. The lowest BCUT2D eigenvalue weighted by Crippen LogP contribution is -2.43. The van der Waals surface area contributed by atoms with Crippen molar-refractivity contribution in [1.82, 2.24) is 4.90 Å². The zero-order valence-corrected chi connectivity index (χ0v) is 15.8. The summed E-state index contributed by atoms with van der Waals surface area (Å²) < 4.78 is 19.9. The molecular weight excluding hydrogens is 329 g/mol. The molecule has 0 saturated carbocycles. The summed E-state index contributed by atoms with van der Waals surface area (Å²) in [7, 11) is 1.59. The first-order valence-electron chi connectivity index (χ1n) is 9.35. The lowest BCUT2D eigenvalue weighted by Gasteiger charge is -2.39. The molecule has 0 spiro atoms. The molecule has 1 aliphatic heterocycles. The zero-order chi connectivity index (χ0) is 18.7. The molecule has 1 N–H and O–H groups in total. The van der Waals surface area contributed by atoms with Gasteiger partial charge < -0.3 is 9.84 Å². The van der Waals surface area contributed by atoms with Crippen molar-refractivity contribution in [2.75, 3.05) is 7.11 Å². The quantitative estimate of drug-likeness (QED) is 0.838. The maximum absolute atomic E-state index is 14.6. The molecule has 2 aromatic carbocycles. The van der Waals surface area contributed by atoms with Crippen molar-refractivity contribution in [3.05, 3.63) is 53.3 Å². The summed E-state index contributed by atoms with van der Waals surface area (Å²) in [6, 6.07) is 11.6. The SMILES string of the molecule is COc1ccc(F)c(-c2ccc(CO)cc2CN2C(C)CCCC2C)c1. The second kappa shape index (κ2) is 8.19. The third-order valence-electron chi connectivity index (χ3n) is 5.54. The largest absolute Gasteiger partial charge is 0.497 e. The summed E-state index contributed by atoms with van der Waals surface area (Å²) in [6.07, 6.45) is 3.63. The number of methoxy groups -OCH3 is 1. The van der Waals surface area contributed by atoms with Gasteiger partial charge in [0, 0.05) is 24.2 Å². The van der Waals surface area contributed by atoms with E-state index in [2.05, 4.69) is 18.7 Å². The molecule has 2 unspecified atom stereocenters. The molecule has 0 bridgehead atoms. The smallest absolute Gasteiger partial charge is 0.131 e. The van der Waals surface area contributed by atoms with E-state index in [1.54, 1.807) is 19.2 Å². The fourth-order valence-corrected chi connectivity index (χ4v) is 3.96. The summed E-state index contributed by atoms with van der Waals surface area (Å²) in [6.45, 7) is 5.26. The van der Waals surface area contributed by atoms with Crippen LogP contribution in [0, 0.1) is 5.82 Å². The highest BCUT2D eigenvalue weighted by molar-refractivity contribution is 5.70. The summed E-state index contributed by atoms with van der Waals surface area (Å²) in [4.78, 5) is 2.49. The van der Waals surface area contributed by atoms with Gasteiger partial charge in [0.1, 0.15) is 11.6 Å². The Bertz CT molecular complexity index is 752. The van der Waals surface area contributed by atoms with Crippen molar-refractivity contribution in [2.24, 2.45) is 0 Å². The maximum atomic E-state index is 14.6. The number of aliphatic hydroxyl groups is 1. The van der Waals surface area contributed by atoms with Gasteiger partial charge in [-0.1, -0.05) is 24.6 Å². The monoisotopic (exact) mass is 357 g/mol. The number of aliphatic hydroxyl groups excluding tert-OH is 1. The molecule has 0 amide bonds. The highest BCUT2D eigenvalue weighted by Crippen LogP contribution is 2.33. The molecule has 4 heteroatoms. The van der Waals surface area contributed by atoms with Crippen LogP contribution >= 0.6 is 0 Å². The van der Waals surface area contributed by atoms with E-state index in [9.17, 15) is 9.50 Å². The zero-order valence-electron chi connectivity index (χ0n) is 15.8. The molecule has 1 fully saturated rings. The van der Waals surface area contributed by atoms with Crippen LogP contribution in [0.5, 0.6) is 5.75 Å². The molecule has 0 aliphatic carbocycles. The van der Waals surface area contributed by atoms with Crippen LogP contribution in [0.4, 0.5) is 4.39 Å². The van der Waals surface area contributed by atoms with Crippen molar-refractivity contribution < 1.29 is 14.2 Å². The van der Waals surface area contributed by atoms with Crippen molar-refractivity contribution in [3.8, 4) is 16.9 Å². The minimum absolute atomic E-state index is 0.0149. The standard InChI is InChI=1S/C22H28FNO2/c1-15-5-4-6-16(2)24(15)13-18-11-17(14-25)7-9-20(18)21-12-19(26-3)8-10-22(21)23/h7-12,15-16,25H,4-6,13-14H2,1-3H3. The van der Waals surface area contributed by atoms with Gasteiger partial charge in [0.05, 0.1) is 13.7 Å². The van der Waals surface area contributed by atoms with Gasteiger partial charge in [-0.25, -0.2) is 4.39 Å². The first kappa shape index (κ1) is 18.9. The highest BCUT2D eigenvalue weighted by Gasteiger charge is 2.26. The first-order chi connectivity index (χ1) is 12.5. The molecule has 0 aromatic heterocycles. The third kappa shape index (κ3) is 3.92. The molecular formula is C22H28FNO2. The van der Waals surface area contributed by atoms with Gasteiger partial charge >= 0.3 is 0 Å². The lowest BCUT2D eigenvalue weighted by atomic mass is 9.93. The lowest BCUT2D eigenvalue weighted by molar-refractivity contribution is 0.0954. The summed E-state index contributed by atoms with van der Waals surface area (Å²) in [5.74, 6) is 0.377. The van der Waals surface area contributed by atoms with E-state index in [0.29, 0.717) is 23.4 Å². The van der Waals surface area contributed by atoms with Crippen molar-refractivity contribution >= 4 is 0 Å². The number of nitrogens with zero attached hydrogens (tertiary/aromatic N) is 1. The maximum Gasteiger partial charge on any atom is 0.131 e. The van der Waals surface area contributed by atoms with E-state index in [1.807, 2.05) is 18.2 Å². The molecule has 0 radical (unpaired) electrons. The Kier molecular flexibility index (Phi) is 5.94. The van der Waals surface area contributed by atoms with Gasteiger partial charge in [-0.15, -0.1) is 0 Å². The molecule has 3 nitrogen and oxygen atoms in total. The average molecular weight is 357 g/mol. The summed E-state index contributed by atoms with van der Waals surface area (Å²) in [5, 5.41) is 9.56. The Morgan fingerprint density at radius 2 is 1.81 bits per heavy atom. The fraction of sp³-hybridized carbons (Fsp3) is 0.455. The van der Waals surface area contributed by atoms with Crippen molar-refractivity contribution in [2.45, 2.75) is 58.3 Å². The number of hydrogen-bond acceptors (Lipinski definition) is 3. The molecule has 2 atom stereocenters. The Morgan fingerprint density at radius 1 is 1.08 bits per heavy atom. The first-order valence-corrected chi connectivity index (χ1v) is 9.35. The van der Waals surface area contributed by atoms with Gasteiger partial charge in [0.25, 0.3) is 0 Å². The molecule has 140 valence electrons. The molecule has 26 heavy (non-hydrogen) atoms. The Labute approximate surface area is 155 Å². The molecule has 3 rings (SSSR count). The minimum atomic E-state index is -0.261. The van der Waals surface area contributed by atoms with Crippen LogP contribution in [0.25, 0.3) is 11.1 Å². The van der Waals surface area contributed by atoms with Crippen LogP contribution in [-0.2, 0) is 13.2 Å². The highest BCUT2D eigenvalue weighted by atomic mass is 19.1. The number of halogens is 1. The second-order valence-corrected chi connectivity index (χ2v) is 7.30. The number of rotatable bonds is 5. The minimum Gasteiger partial charge on any atom is -0.497 e. The molecule has 1 heterocycles. The number of hydrogen-bond donors (Lipinski definition) is 1. The van der Waals surface area contributed by atoms with E-state index < -0.39 is 0 Å². The van der Waals surface area contributed by atoms with E-state index in [0.717, 1.165) is 23.2 Å².